The lowest BCUT2D eigenvalue weighted by molar-refractivity contribution is -0.308. The number of rotatable bonds is 2. The molecule has 144 valence electrons. The van der Waals surface area contributed by atoms with Crippen molar-refractivity contribution in [1.82, 2.24) is 0 Å². The Balaban J connectivity index is 2.26. The average molecular weight is 386 g/mol. The third kappa shape index (κ3) is 2.86. The molecule has 0 bridgehead atoms. The molecule has 5 nitrogen and oxygen atoms in total. The molecule has 28 heavy (non-hydrogen) atoms. The van der Waals surface area contributed by atoms with Crippen LogP contribution in [-0.2, 0) is 11.0 Å². The van der Waals surface area contributed by atoms with Gasteiger partial charge in [-0.2, -0.15) is 23.7 Å². The van der Waals surface area contributed by atoms with Crippen LogP contribution in [0.4, 0.5) is 13.2 Å². The lowest BCUT2D eigenvalue weighted by Gasteiger charge is -2.48. The van der Waals surface area contributed by atoms with E-state index in [9.17, 15) is 33.6 Å². The van der Waals surface area contributed by atoms with E-state index in [2.05, 4.69) is 0 Å². The maximum atomic E-state index is 13.2. The summed E-state index contributed by atoms with van der Waals surface area (Å²) in [5.41, 5.74) is -3.32. The molecule has 1 fully saturated rings. The van der Waals surface area contributed by atoms with Crippen LogP contribution in [0.25, 0.3) is 0 Å². The van der Waals surface area contributed by atoms with Gasteiger partial charge in [0, 0.05) is 5.92 Å². The molecule has 2 aliphatic rings. The van der Waals surface area contributed by atoms with E-state index in [0.717, 1.165) is 12.1 Å². The molecule has 2 aliphatic carbocycles. The summed E-state index contributed by atoms with van der Waals surface area (Å²) in [5, 5.41) is 39.6. The summed E-state index contributed by atoms with van der Waals surface area (Å²) in [6, 6.07) is 7.87. The fourth-order valence-corrected chi connectivity index (χ4v) is 4.41. The normalized spacial score (nSPS) is 26.4. The van der Waals surface area contributed by atoms with Crippen LogP contribution in [0.3, 0.4) is 0 Å². The summed E-state index contributed by atoms with van der Waals surface area (Å²) in [6.07, 6.45) is -1.34. The standard InChI is InChI=1S/C20H16F3N3O2/c21-20(22,23)12-5-3-4-11(8-12)16-14-7-2-1-6-13(14)15(18(27)28)17(26)19(16,9-24)10-25/h3-6,8,14-16,26H,1-2,7H2,(H,27,28)/p-1/t14-,15+,16+/m1/s1. The Morgan fingerprint density at radius 2 is 1.96 bits per heavy atom. The number of nitriles is 2. The molecule has 1 N–H and O–H groups in total. The van der Waals surface area contributed by atoms with E-state index in [1.165, 1.54) is 12.1 Å². The summed E-state index contributed by atoms with van der Waals surface area (Å²) in [5.74, 6) is -4.81. The number of carboxylic acids is 1. The Bertz CT molecular complexity index is 939. The smallest absolute Gasteiger partial charge is 0.416 e. The number of hydrogen-bond donors (Lipinski definition) is 1. The van der Waals surface area contributed by atoms with Crippen molar-refractivity contribution in [1.29, 1.82) is 15.9 Å². The Labute approximate surface area is 159 Å². The predicted octanol–water partition coefficient (Wildman–Crippen LogP) is 2.95. The van der Waals surface area contributed by atoms with E-state index in [-0.39, 0.29) is 5.56 Å². The topological polar surface area (TPSA) is 112 Å². The van der Waals surface area contributed by atoms with Crippen LogP contribution in [0, 0.1) is 45.3 Å². The molecule has 0 radical (unpaired) electrons. The first-order chi connectivity index (χ1) is 13.2. The second-order valence-corrected chi connectivity index (χ2v) is 7.04. The molecule has 0 aromatic heterocycles. The second-order valence-electron chi connectivity index (χ2n) is 7.04. The van der Waals surface area contributed by atoms with Crippen molar-refractivity contribution >= 4 is 11.7 Å². The molecule has 0 spiro atoms. The number of carbonyl (C=O) groups excluding carboxylic acids is 1. The zero-order chi connectivity index (χ0) is 20.7. The van der Waals surface area contributed by atoms with Crippen LogP contribution in [0.1, 0.15) is 36.3 Å². The summed E-state index contributed by atoms with van der Waals surface area (Å²) in [4.78, 5) is 11.7. The van der Waals surface area contributed by atoms with E-state index in [4.69, 9.17) is 5.41 Å². The Morgan fingerprint density at radius 1 is 1.29 bits per heavy atom. The Hall–Kier alpha value is -3.13. The van der Waals surface area contributed by atoms with Gasteiger partial charge in [0.05, 0.1) is 35.3 Å². The van der Waals surface area contributed by atoms with Gasteiger partial charge in [-0.1, -0.05) is 29.8 Å². The molecule has 3 atom stereocenters. The number of carboxylic acid groups (broad SMARTS) is 1. The van der Waals surface area contributed by atoms with Gasteiger partial charge >= 0.3 is 6.18 Å². The van der Waals surface area contributed by atoms with E-state index in [1.54, 1.807) is 18.2 Å². The number of carbonyl (C=O) groups is 1. The van der Waals surface area contributed by atoms with Crippen molar-refractivity contribution in [3.05, 3.63) is 47.0 Å². The first kappa shape index (κ1) is 19.6. The first-order valence-electron chi connectivity index (χ1n) is 8.66. The number of alkyl halides is 3. The van der Waals surface area contributed by atoms with E-state index in [0.29, 0.717) is 24.8 Å². The highest BCUT2D eigenvalue weighted by Crippen LogP contribution is 2.55. The SMILES string of the molecule is N#CC1(C#N)C(=N)[C@@H](C(=O)[O-])C2=CCCC[C@H]2[C@@H]1c1cccc(C(F)(F)F)c1. The minimum Gasteiger partial charge on any atom is -0.549 e. The average Bonchev–Trinajstić information content (AvgIpc) is 2.66. The van der Waals surface area contributed by atoms with Gasteiger partial charge < -0.3 is 15.3 Å². The number of nitrogens with one attached hydrogen (secondary N) is 1. The zero-order valence-electron chi connectivity index (χ0n) is 14.6. The highest BCUT2D eigenvalue weighted by molar-refractivity contribution is 6.09. The van der Waals surface area contributed by atoms with E-state index < -0.39 is 46.6 Å². The molecular formula is C20H15F3N3O2-. The summed E-state index contributed by atoms with van der Waals surface area (Å²) in [6.45, 7) is 0. The van der Waals surface area contributed by atoms with Gasteiger partial charge in [0.15, 0.2) is 5.41 Å². The van der Waals surface area contributed by atoms with Crippen LogP contribution in [0.5, 0.6) is 0 Å². The zero-order valence-corrected chi connectivity index (χ0v) is 14.6. The maximum Gasteiger partial charge on any atom is 0.416 e. The van der Waals surface area contributed by atoms with Gasteiger partial charge in [-0.25, -0.2) is 0 Å². The Kier molecular flexibility index (Phi) is 4.76. The number of benzene rings is 1. The van der Waals surface area contributed by atoms with E-state index >= 15 is 0 Å². The fraction of sp³-hybridized carbons (Fsp3) is 0.400. The molecule has 0 amide bonds. The van der Waals surface area contributed by atoms with Crippen molar-refractivity contribution < 1.29 is 23.1 Å². The van der Waals surface area contributed by atoms with Crippen LogP contribution in [-0.4, -0.2) is 11.7 Å². The van der Waals surface area contributed by atoms with Crippen LogP contribution in [0.15, 0.2) is 35.9 Å². The van der Waals surface area contributed by atoms with Crippen LogP contribution >= 0.6 is 0 Å². The van der Waals surface area contributed by atoms with Gasteiger partial charge in [-0.3, -0.25) is 0 Å². The number of hydrogen-bond acceptors (Lipinski definition) is 5. The third-order valence-corrected chi connectivity index (χ3v) is 5.60. The lowest BCUT2D eigenvalue weighted by atomic mass is 9.53. The molecular weight excluding hydrogens is 371 g/mol. The first-order valence-corrected chi connectivity index (χ1v) is 8.66. The molecule has 0 aliphatic heterocycles. The third-order valence-electron chi connectivity index (χ3n) is 5.60. The predicted molar refractivity (Wildman–Crippen MR) is 89.5 cm³/mol. The van der Waals surface area contributed by atoms with Gasteiger partial charge in [0.1, 0.15) is 0 Å². The van der Waals surface area contributed by atoms with Gasteiger partial charge in [0.25, 0.3) is 0 Å². The molecule has 0 saturated heterocycles. The molecule has 1 saturated carbocycles. The number of fused-ring (bicyclic) bond motifs is 1. The quantitative estimate of drug-likeness (QED) is 0.788. The van der Waals surface area contributed by atoms with Gasteiger partial charge in [-0.05, 0) is 36.8 Å². The summed E-state index contributed by atoms with van der Waals surface area (Å²) < 4.78 is 39.6. The van der Waals surface area contributed by atoms with Crippen molar-refractivity contribution in [2.75, 3.05) is 0 Å². The van der Waals surface area contributed by atoms with Crippen molar-refractivity contribution in [3.8, 4) is 12.1 Å². The largest absolute Gasteiger partial charge is 0.549 e. The summed E-state index contributed by atoms with van der Waals surface area (Å²) >= 11 is 0. The number of aliphatic carboxylic acids is 1. The molecule has 1 aromatic carbocycles. The minimum absolute atomic E-state index is 0.0947. The van der Waals surface area contributed by atoms with Crippen LogP contribution < -0.4 is 5.11 Å². The number of halogens is 3. The van der Waals surface area contributed by atoms with Crippen LogP contribution in [0.2, 0.25) is 0 Å². The monoisotopic (exact) mass is 386 g/mol. The maximum absolute atomic E-state index is 13.2. The van der Waals surface area contributed by atoms with Gasteiger partial charge in [0.2, 0.25) is 0 Å². The van der Waals surface area contributed by atoms with Crippen molar-refractivity contribution in [2.45, 2.75) is 31.4 Å². The molecule has 1 aromatic rings. The lowest BCUT2D eigenvalue weighted by Crippen LogP contribution is -2.54. The van der Waals surface area contributed by atoms with Gasteiger partial charge in [-0.15, -0.1) is 0 Å². The van der Waals surface area contributed by atoms with E-state index in [1.807, 2.05) is 0 Å². The molecule has 0 heterocycles. The number of nitrogens with zero attached hydrogens (tertiary/aromatic N) is 2. The molecule has 0 unspecified atom stereocenters. The number of allylic oxidation sites excluding steroid dienone is 1. The summed E-state index contributed by atoms with van der Waals surface area (Å²) in [7, 11) is 0. The molecule has 3 rings (SSSR count). The van der Waals surface area contributed by atoms with Crippen molar-refractivity contribution in [2.24, 2.45) is 17.3 Å². The highest BCUT2D eigenvalue weighted by Gasteiger charge is 2.57. The molecule has 8 heteroatoms. The second kappa shape index (κ2) is 6.79. The fourth-order valence-electron chi connectivity index (χ4n) is 4.41. The highest BCUT2D eigenvalue weighted by atomic mass is 19.4. The minimum atomic E-state index is -4.61. The van der Waals surface area contributed by atoms with Crippen molar-refractivity contribution in [3.63, 3.8) is 0 Å². The Morgan fingerprint density at radius 3 is 2.54 bits per heavy atom.